The fraction of sp³-hybridized carbons (Fsp3) is 0.238. The number of ether oxygens (including phenoxy) is 2. The largest absolute Gasteiger partial charge is 0.458 e. The molecule has 4 rings (SSSR count). The number of benzene rings is 2. The Labute approximate surface area is 161 Å². The van der Waals surface area contributed by atoms with E-state index < -0.39 is 5.97 Å². The number of carbonyl (C=O) groups is 1. The fourth-order valence-electron chi connectivity index (χ4n) is 3.34. The number of fused-ring (bicyclic) bond motifs is 2. The van der Waals surface area contributed by atoms with Crippen molar-refractivity contribution in [1.29, 1.82) is 0 Å². The van der Waals surface area contributed by atoms with Crippen LogP contribution in [0.4, 0.5) is 0 Å². The van der Waals surface area contributed by atoms with E-state index in [1.54, 1.807) is 18.5 Å². The van der Waals surface area contributed by atoms with Crippen molar-refractivity contribution in [1.82, 2.24) is 19.8 Å². The maximum atomic E-state index is 12.3. The molecule has 0 fully saturated rings. The molecule has 0 aliphatic heterocycles. The van der Waals surface area contributed by atoms with Crippen LogP contribution in [0, 0.1) is 13.8 Å². The Bertz CT molecular complexity index is 1180. The molecule has 0 bridgehead atoms. The predicted octanol–water partition coefficient (Wildman–Crippen LogP) is 3.36. The summed E-state index contributed by atoms with van der Waals surface area (Å²) in [5.41, 5.74) is 4.11. The molecule has 7 heteroatoms. The van der Waals surface area contributed by atoms with Crippen molar-refractivity contribution in [2.24, 2.45) is 0 Å². The van der Waals surface area contributed by atoms with Crippen LogP contribution in [0.5, 0.6) is 0 Å². The molecule has 0 unspecified atom stereocenters. The second kappa shape index (κ2) is 7.36. The van der Waals surface area contributed by atoms with Gasteiger partial charge in [0.05, 0.1) is 23.6 Å². The Kier molecular flexibility index (Phi) is 4.75. The Balaban J connectivity index is 1.84. The van der Waals surface area contributed by atoms with Gasteiger partial charge in [-0.3, -0.25) is 0 Å². The van der Waals surface area contributed by atoms with Gasteiger partial charge in [0.15, 0.2) is 11.3 Å². The summed E-state index contributed by atoms with van der Waals surface area (Å²) in [5, 5.41) is 15.3. The molecule has 28 heavy (non-hydrogen) atoms. The lowest BCUT2D eigenvalue weighted by atomic mass is 9.98. The van der Waals surface area contributed by atoms with Gasteiger partial charge in [-0.2, -0.15) is 5.10 Å². The van der Waals surface area contributed by atoms with Crippen molar-refractivity contribution in [3.05, 3.63) is 59.5 Å². The zero-order valence-corrected chi connectivity index (χ0v) is 16.0. The number of methoxy groups -OCH3 is 1. The third-order valence-corrected chi connectivity index (χ3v) is 4.71. The van der Waals surface area contributed by atoms with Crippen LogP contribution in [0.15, 0.2) is 42.5 Å². The standard InChI is InChI=1S/C21H20N4O3/c1-13-18(17-10-6-8-15-7-4-5-9-16(15)17)20-23-22-19(14(2)25(20)24-13)21(26)28-12-11-27-3/h4-10H,11-12H2,1-3H3. The van der Waals surface area contributed by atoms with Gasteiger partial charge in [-0.1, -0.05) is 42.5 Å². The first kappa shape index (κ1) is 18.1. The molecule has 0 saturated carbocycles. The maximum absolute atomic E-state index is 12.3. The smallest absolute Gasteiger partial charge is 0.360 e. The van der Waals surface area contributed by atoms with Crippen LogP contribution in [0.25, 0.3) is 27.5 Å². The second-order valence-electron chi connectivity index (χ2n) is 6.49. The lowest BCUT2D eigenvalue weighted by molar-refractivity contribution is 0.0378. The molecular formula is C21H20N4O3. The van der Waals surface area contributed by atoms with Gasteiger partial charge in [0.2, 0.25) is 0 Å². The first-order chi connectivity index (χ1) is 13.6. The summed E-state index contributed by atoms with van der Waals surface area (Å²) in [6.45, 7) is 4.20. The van der Waals surface area contributed by atoms with Crippen LogP contribution in [0.2, 0.25) is 0 Å². The number of nitrogens with zero attached hydrogens (tertiary/aromatic N) is 4. The van der Waals surface area contributed by atoms with Crippen molar-refractivity contribution in [3.63, 3.8) is 0 Å². The van der Waals surface area contributed by atoms with Gasteiger partial charge in [-0.05, 0) is 30.2 Å². The minimum Gasteiger partial charge on any atom is -0.458 e. The van der Waals surface area contributed by atoms with Gasteiger partial charge in [0, 0.05) is 7.11 Å². The van der Waals surface area contributed by atoms with Gasteiger partial charge in [0.25, 0.3) is 0 Å². The molecular weight excluding hydrogens is 356 g/mol. The molecule has 0 N–H and O–H groups in total. The summed E-state index contributed by atoms with van der Waals surface area (Å²) in [5.74, 6) is -0.538. The van der Waals surface area contributed by atoms with Crippen LogP contribution in [-0.2, 0) is 9.47 Å². The van der Waals surface area contributed by atoms with Crippen LogP contribution in [0.3, 0.4) is 0 Å². The van der Waals surface area contributed by atoms with Crippen LogP contribution >= 0.6 is 0 Å². The minimum absolute atomic E-state index is 0.149. The van der Waals surface area contributed by atoms with Crippen LogP contribution in [0.1, 0.15) is 21.9 Å². The fourth-order valence-corrected chi connectivity index (χ4v) is 3.34. The summed E-state index contributed by atoms with van der Waals surface area (Å²) in [6, 6.07) is 14.3. The number of rotatable bonds is 5. The molecule has 7 nitrogen and oxygen atoms in total. The Hall–Kier alpha value is -3.32. The number of hydrogen-bond acceptors (Lipinski definition) is 6. The Morgan fingerprint density at radius 1 is 1.04 bits per heavy atom. The van der Waals surface area contributed by atoms with E-state index in [-0.39, 0.29) is 12.3 Å². The van der Waals surface area contributed by atoms with E-state index in [1.165, 1.54) is 0 Å². The SMILES string of the molecule is COCCOC(=O)c1nnc2c(-c3cccc4ccccc34)c(C)nn2c1C. The highest BCUT2D eigenvalue weighted by atomic mass is 16.6. The molecule has 2 aromatic carbocycles. The first-order valence-electron chi connectivity index (χ1n) is 8.98. The molecule has 0 saturated heterocycles. The molecule has 0 aliphatic rings. The molecule has 4 aromatic rings. The van der Waals surface area contributed by atoms with Gasteiger partial charge < -0.3 is 9.47 Å². The predicted molar refractivity (Wildman–Crippen MR) is 105 cm³/mol. The number of hydrogen-bond donors (Lipinski definition) is 0. The maximum Gasteiger partial charge on any atom is 0.360 e. The van der Waals surface area contributed by atoms with Gasteiger partial charge in [-0.15, -0.1) is 10.2 Å². The highest BCUT2D eigenvalue weighted by molar-refractivity contribution is 6.00. The van der Waals surface area contributed by atoms with Crippen molar-refractivity contribution in [2.45, 2.75) is 13.8 Å². The second-order valence-corrected chi connectivity index (χ2v) is 6.49. The monoisotopic (exact) mass is 376 g/mol. The number of esters is 1. The molecule has 0 spiro atoms. The van der Waals surface area contributed by atoms with Crippen molar-refractivity contribution < 1.29 is 14.3 Å². The summed E-state index contributed by atoms with van der Waals surface area (Å²) in [7, 11) is 1.55. The van der Waals surface area contributed by atoms with Crippen molar-refractivity contribution >= 4 is 22.4 Å². The van der Waals surface area contributed by atoms with E-state index in [1.807, 2.05) is 25.1 Å². The number of aromatic nitrogens is 4. The van der Waals surface area contributed by atoms with E-state index in [9.17, 15) is 4.79 Å². The average molecular weight is 376 g/mol. The topological polar surface area (TPSA) is 78.6 Å². The van der Waals surface area contributed by atoms with E-state index in [0.29, 0.717) is 17.9 Å². The summed E-state index contributed by atoms with van der Waals surface area (Å²) < 4.78 is 11.7. The summed E-state index contributed by atoms with van der Waals surface area (Å²) >= 11 is 0. The molecule has 0 atom stereocenters. The highest BCUT2D eigenvalue weighted by Gasteiger charge is 2.21. The van der Waals surface area contributed by atoms with Gasteiger partial charge in [-0.25, -0.2) is 9.31 Å². The number of aryl methyl sites for hydroxylation is 2. The van der Waals surface area contributed by atoms with E-state index in [0.717, 1.165) is 27.6 Å². The average Bonchev–Trinajstić information content (AvgIpc) is 3.04. The summed E-state index contributed by atoms with van der Waals surface area (Å²) in [4.78, 5) is 12.3. The Morgan fingerprint density at radius 3 is 2.64 bits per heavy atom. The first-order valence-corrected chi connectivity index (χ1v) is 8.98. The molecule has 142 valence electrons. The Morgan fingerprint density at radius 2 is 1.82 bits per heavy atom. The zero-order valence-electron chi connectivity index (χ0n) is 16.0. The normalized spacial score (nSPS) is 11.2. The van der Waals surface area contributed by atoms with Crippen molar-refractivity contribution in [3.8, 4) is 11.1 Å². The third kappa shape index (κ3) is 2.99. The van der Waals surface area contributed by atoms with Gasteiger partial charge >= 0.3 is 5.97 Å². The molecule has 0 radical (unpaired) electrons. The van der Waals surface area contributed by atoms with E-state index >= 15 is 0 Å². The van der Waals surface area contributed by atoms with E-state index in [4.69, 9.17) is 9.47 Å². The quantitative estimate of drug-likeness (QED) is 0.393. The minimum atomic E-state index is -0.538. The molecule has 0 amide bonds. The molecule has 2 aromatic heterocycles. The molecule has 2 heterocycles. The molecule has 0 aliphatic carbocycles. The van der Waals surface area contributed by atoms with Crippen molar-refractivity contribution in [2.75, 3.05) is 20.3 Å². The van der Waals surface area contributed by atoms with Crippen LogP contribution < -0.4 is 0 Å². The lowest BCUT2D eigenvalue weighted by Crippen LogP contribution is -2.16. The number of carbonyl (C=O) groups excluding carboxylic acids is 1. The third-order valence-electron chi connectivity index (χ3n) is 4.71. The lowest BCUT2D eigenvalue weighted by Gasteiger charge is -2.08. The van der Waals surface area contributed by atoms with E-state index in [2.05, 4.69) is 39.6 Å². The van der Waals surface area contributed by atoms with Gasteiger partial charge in [0.1, 0.15) is 6.61 Å². The van der Waals surface area contributed by atoms with Crippen LogP contribution in [-0.4, -0.2) is 46.1 Å². The summed E-state index contributed by atoms with van der Waals surface area (Å²) in [6.07, 6.45) is 0. The zero-order chi connectivity index (χ0) is 19.7. The highest BCUT2D eigenvalue weighted by Crippen LogP contribution is 2.33.